The number of nitrogens with zero attached hydrogens (tertiary/aromatic N) is 1. The van der Waals surface area contributed by atoms with Crippen molar-refractivity contribution in [3.63, 3.8) is 0 Å². The summed E-state index contributed by atoms with van der Waals surface area (Å²) in [6, 6.07) is 1.47. The largest absolute Gasteiger partial charge is 0.339 e. The molecular weight excluding hydrogens is 284 g/mol. The fourth-order valence-electron chi connectivity index (χ4n) is 2.11. The Balaban J connectivity index is 2.14. The molecule has 0 aliphatic carbocycles. The molecule has 1 amide bonds. The number of sulfonamides is 1. The Morgan fingerprint density at radius 3 is 2.68 bits per heavy atom. The van der Waals surface area contributed by atoms with Crippen LogP contribution in [0, 0.1) is 0 Å². The smallest absolute Gasteiger partial charge is 0.254 e. The van der Waals surface area contributed by atoms with Gasteiger partial charge >= 0.3 is 0 Å². The van der Waals surface area contributed by atoms with Gasteiger partial charge in [0.25, 0.3) is 5.91 Å². The summed E-state index contributed by atoms with van der Waals surface area (Å²) in [5.74, 6) is -0.0612. The van der Waals surface area contributed by atoms with Gasteiger partial charge in [-0.25, -0.2) is 13.1 Å². The fourth-order valence-corrected chi connectivity index (χ4v) is 4.35. The van der Waals surface area contributed by atoms with Gasteiger partial charge in [-0.05, 0) is 25.3 Å². The van der Waals surface area contributed by atoms with Crippen LogP contribution in [0.1, 0.15) is 36.5 Å². The highest BCUT2D eigenvalue weighted by atomic mass is 32.2. The molecule has 1 fully saturated rings. The van der Waals surface area contributed by atoms with E-state index in [9.17, 15) is 13.2 Å². The van der Waals surface area contributed by atoms with Crippen LogP contribution in [0.15, 0.2) is 15.7 Å². The van der Waals surface area contributed by atoms with Crippen molar-refractivity contribution in [2.24, 2.45) is 0 Å². The van der Waals surface area contributed by atoms with Crippen molar-refractivity contribution in [1.82, 2.24) is 9.62 Å². The molecule has 0 spiro atoms. The Hall–Kier alpha value is -0.920. The number of rotatable bonds is 4. The van der Waals surface area contributed by atoms with Gasteiger partial charge < -0.3 is 4.90 Å². The number of thiophene rings is 1. The Labute approximate surface area is 117 Å². The van der Waals surface area contributed by atoms with Gasteiger partial charge in [0.15, 0.2) is 0 Å². The molecule has 0 unspecified atom stereocenters. The van der Waals surface area contributed by atoms with E-state index < -0.39 is 10.0 Å². The van der Waals surface area contributed by atoms with E-state index in [-0.39, 0.29) is 10.1 Å². The van der Waals surface area contributed by atoms with Crippen LogP contribution in [-0.4, -0.2) is 38.9 Å². The summed E-state index contributed by atoms with van der Waals surface area (Å²) in [6.45, 7) is 3.61. The van der Waals surface area contributed by atoms with Crippen molar-refractivity contribution in [3.8, 4) is 0 Å². The number of amides is 1. The molecule has 1 saturated heterocycles. The van der Waals surface area contributed by atoms with Gasteiger partial charge in [-0.3, -0.25) is 4.79 Å². The quantitative estimate of drug-likeness (QED) is 0.920. The van der Waals surface area contributed by atoms with E-state index in [0.717, 1.165) is 43.7 Å². The van der Waals surface area contributed by atoms with Crippen molar-refractivity contribution >= 4 is 27.3 Å². The van der Waals surface area contributed by atoms with E-state index >= 15 is 0 Å². The van der Waals surface area contributed by atoms with Crippen LogP contribution in [0.2, 0.25) is 0 Å². The minimum atomic E-state index is -3.46. The average molecular weight is 302 g/mol. The molecule has 106 valence electrons. The van der Waals surface area contributed by atoms with Crippen LogP contribution in [0.5, 0.6) is 0 Å². The van der Waals surface area contributed by atoms with Gasteiger partial charge in [0, 0.05) is 25.0 Å². The number of carbonyl (C=O) groups is 1. The van der Waals surface area contributed by atoms with Crippen molar-refractivity contribution in [1.29, 1.82) is 0 Å². The summed E-state index contributed by atoms with van der Waals surface area (Å²) in [6.07, 6.45) is 3.21. The lowest BCUT2D eigenvalue weighted by atomic mass is 10.1. The van der Waals surface area contributed by atoms with Crippen LogP contribution >= 0.6 is 11.3 Å². The Kier molecular flexibility index (Phi) is 4.59. The fraction of sp³-hybridized carbons (Fsp3) is 0.583. The normalized spacial score (nSPS) is 16.6. The SMILES string of the molecule is CCNS(=O)(=O)c1cc(C(=O)N2CCCCC2)cs1. The Bertz CT molecular complexity index is 545. The maximum atomic E-state index is 12.2. The lowest BCUT2D eigenvalue weighted by Crippen LogP contribution is -2.35. The number of hydrogen-bond donors (Lipinski definition) is 1. The van der Waals surface area contributed by atoms with Crippen LogP contribution in [-0.2, 0) is 10.0 Å². The highest BCUT2D eigenvalue weighted by Gasteiger charge is 2.22. The lowest BCUT2D eigenvalue weighted by Gasteiger charge is -2.26. The predicted molar refractivity (Wildman–Crippen MR) is 74.9 cm³/mol. The van der Waals surface area contributed by atoms with E-state index in [4.69, 9.17) is 0 Å². The maximum absolute atomic E-state index is 12.2. The van der Waals surface area contributed by atoms with E-state index in [1.54, 1.807) is 17.2 Å². The van der Waals surface area contributed by atoms with Gasteiger partial charge in [-0.1, -0.05) is 6.92 Å². The van der Waals surface area contributed by atoms with E-state index in [1.807, 2.05) is 0 Å². The minimum Gasteiger partial charge on any atom is -0.339 e. The summed E-state index contributed by atoms with van der Waals surface area (Å²) in [5.41, 5.74) is 0.475. The predicted octanol–water partition coefficient (Wildman–Crippen LogP) is 1.67. The molecule has 0 bridgehead atoms. The molecule has 2 heterocycles. The zero-order valence-electron chi connectivity index (χ0n) is 10.9. The van der Waals surface area contributed by atoms with E-state index in [1.165, 1.54) is 6.07 Å². The van der Waals surface area contributed by atoms with Crippen LogP contribution in [0.4, 0.5) is 0 Å². The summed E-state index contributed by atoms with van der Waals surface area (Å²) in [7, 11) is -3.46. The Morgan fingerprint density at radius 1 is 1.37 bits per heavy atom. The molecule has 5 nitrogen and oxygen atoms in total. The molecule has 1 aliphatic rings. The molecule has 0 aromatic carbocycles. The second-order valence-electron chi connectivity index (χ2n) is 4.51. The van der Waals surface area contributed by atoms with Gasteiger partial charge in [-0.15, -0.1) is 11.3 Å². The zero-order chi connectivity index (χ0) is 13.9. The average Bonchev–Trinajstić information content (AvgIpc) is 2.89. The molecule has 1 aromatic rings. The molecule has 1 N–H and O–H groups in total. The van der Waals surface area contributed by atoms with E-state index in [2.05, 4.69) is 4.72 Å². The number of hydrogen-bond acceptors (Lipinski definition) is 4. The molecule has 7 heteroatoms. The van der Waals surface area contributed by atoms with Crippen LogP contribution < -0.4 is 4.72 Å². The zero-order valence-corrected chi connectivity index (χ0v) is 12.5. The van der Waals surface area contributed by atoms with Gasteiger partial charge in [0.05, 0.1) is 5.56 Å². The second kappa shape index (κ2) is 6.02. The van der Waals surface area contributed by atoms with Gasteiger partial charge in [-0.2, -0.15) is 0 Å². The third kappa shape index (κ3) is 3.34. The third-order valence-corrected chi connectivity index (χ3v) is 6.05. The first-order valence-electron chi connectivity index (χ1n) is 6.42. The van der Waals surface area contributed by atoms with Crippen molar-refractivity contribution < 1.29 is 13.2 Å². The Morgan fingerprint density at radius 2 is 2.05 bits per heavy atom. The van der Waals surface area contributed by atoms with Crippen molar-refractivity contribution in [3.05, 3.63) is 17.0 Å². The first kappa shape index (κ1) is 14.5. The summed E-state index contributed by atoms with van der Waals surface area (Å²) in [4.78, 5) is 14.0. The van der Waals surface area contributed by atoms with Gasteiger partial charge in [0.1, 0.15) is 4.21 Å². The lowest BCUT2D eigenvalue weighted by molar-refractivity contribution is 0.0725. The van der Waals surface area contributed by atoms with E-state index in [0.29, 0.717) is 12.1 Å². The standard InChI is InChI=1S/C12H18N2O3S2/c1-2-13-19(16,17)11-8-10(9-18-11)12(15)14-6-4-3-5-7-14/h8-9,13H,2-7H2,1H3. The first-order chi connectivity index (χ1) is 9.04. The highest BCUT2D eigenvalue weighted by Crippen LogP contribution is 2.22. The monoisotopic (exact) mass is 302 g/mol. The number of carbonyl (C=O) groups excluding carboxylic acids is 1. The molecule has 0 atom stereocenters. The minimum absolute atomic E-state index is 0.0612. The number of nitrogens with one attached hydrogen (secondary N) is 1. The molecular formula is C12H18N2O3S2. The first-order valence-corrected chi connectivity index (χ1v) is 8.78. The molecule has 0 radical (unpaired) electrons. The summed E-state index contributed by atoms with van der Waals surface area (Å²) < 4.78 is 26.3. The highest BCUT2D eigenvalue weighted by molar-refractivity contribution is 7.91. The number of piperidine rings is 1. The second-order valence-corrected chi connectivity index (χ2v) is 7.41. The maximum Gasteiger partial charge on any atom is 0.254 e. The molecule has 1 aliphatic heterocycles. The topological polar surface area (TPSA) is 66.5 Å². The molecule has 0 saturated carbocycles. The van der Waals surface area contributed by atoms with Crippen molar-refractivity contribution in [2.45, 2.75) is 30.4 Å². The number of likely N-dealkylation sites (tertiary alicyclic amines) is 1. The summed E-state index contributed by atoms with van der Waals surface area (Å²) in [5, 5.41) is 1.63. The molecule has 1 aromatic heterocycles. The van der Waals surface area contributed by atoms with Crippen molar-refractivity contribution in [2.75, 3.05) is 19.6 Å². The van der Waals surface area contributed by atoms with Gasteiger partial charge in [0.2, 0.25) is 10.0 Å². The van der Waals surface area contributed by atoms with Crippen LogP contribution in [0.25, 0.3) is 0 Å². The molecule has 19 heavy (non-hydrogen) atoms. The molecule has 2 rings (SSSR count). The summed E-state index contributed by atoms with van der Waals surface area (Å²) >= 11 is 1.09. The van der Waals surface area contributed by atoms with Crippen LogP contribution in [0.3, 0.4) is 0 Å². The third-order valence-electron chi connectivity index (χ3n) is 3.06.